The van der Waals surface area contributed by atoms with Crippen LogP contribution in [0.4, 0.5) is 0 Å². The van der Waals surface area contributed by atoms with E-state index in [1.807, 2.05) is 47.1 Å². The number of rotatable bonds is 11. The Morgan fingerprint density at radius 1 is 1.07 bits per heavy atom. The third-order valence-electron chi connectivity index (χ3n) is 5.16. The Balaban J connectivity index is 1.65. The molecule has 0 saturated carbocycles. The van der Waals surface area contributed by atoms with Crippen LogP contribution in [0.5, 0.6) is 0 Å². The number of carbonyl (C=O) groups excluding carboxylic acids is 1. The number of Topliss-reactive ketones (excluding diaryl/α,β-unsaturated/α-hetero) is 1. The highest BCUT2D eigenvalue weighted by molar-refractivity contribution is 6.07. The molecule has 28 heavy (non-hydrogen) atoms. The second kappa shape index (κ2) is 10.2. The molecule has 4 heteroatoms. The minimum atomic E-state index is 0.0611. The van der Waals surface area contributed by atoms with Crippen molar-refractivity contribution >= 4 is 16.7 Å². The summed E-state index contributed by atoms with van der Waals surface area (Å²) in [5.41, 5.74) is 2.84. The first kappa shape index (κ1) is 20.3. The molecule has 4 nitrogen and oxygen atoms in total. The third-order valence-corrected chi connectivity index (χ3v) is 5.16. The number of hydrogen-bond donors (Lipinski definition) is 0. The fourth-order valence-electron chi connectivity index (χ4n) is 3.62. The monoisotopic (exact) mass is 378 g/mol. The molecule has 0 bridgehead atoms. The molecule has 0 aliphatic carbocycles. The van der Waals surface area contributed by atoms with Crippen LogP contribution in [-0.4, -0.2) is 22.2 Å². The van der Waals surface area contributed by atoms with Gasteiger partial charge >= 0.3 is 0 Å². The maximum Gasteiger partial charge on any atom is 0.186 e. The lowest BCUT2D eigenvalue weighted by Crippen LogP contribution is -2.15. The summed E-state index contributed by atoms with van der Waals surface area (Å²) < 4.78 is 7.75. The van der Waals surface area contributed by atoms with Gasteiger partial charge in [-0.25, -0.2) is 0 Å². The summed E-state index contributed by atoms with van der Waals surface area (Å²) in [6.07, 6.45) is 3.66. The molecule has 0 spiro atoms. The number of aromatic nitrogens is 2. The summed E-state index contributed by atoms with van der Waals surface area (Å²) in [6, 6.07) is 18.2. The number of aryl methyl sites for hydroxylation is 1. The predicted octanol–water partition coefficient (Wildman–Crippen LogP) is 5.65. The summed E-state index contributed by atoms with van der Waals surface area (Å²) in [5, 5.41) is 5.67. The number of ketones is 1. The van der Waals surface area contributed by atoms with Crippen LogP contribution >= 0.6 is 0 Å². The van der Waals surface area contributed by atoms with Crippen LogP contribution in [-0.2, 0) is 17.9 Å². The number of nitrogens with zero attached hydrogens (tertiary/aromatic N) is 2. The highest BCUT2D eigenvalue weighted by atomic mass is 16.5. The van der Waals surface area contributed by atoms with Crippen molar-refractivity contribution in [3.63, 3.8) is 0 Å². The van der Waals surface area contributed by atoms with Gasteiger partial charge in [0.15, 0.2) is 5.78 Å². The van der Waals surface area contributed by atoms with Gasteiger partial charge in [0.1, 0.15) is 5.69 Å². The van der Waals surface area contributed by atoms with Crippen molar-refractivity contribution in [3.8, 4) is 0 Å². The van der Waals surface area contributed by atoms with E-state index in [9.17, 15) is 4.79 Å². The zero-order chi connectivity index (χ0) is 19.8. The molecular formula is C24H30N2O2. The summed E-state index contributed by atoms with van der Waals surface area (Å²) in [7, 11) is 0. The average Bonchev–Trinajstić information content (AvgIpc) is 3.11. The van der Waals surface area contributed by atoms with Crippen molar-refractivity contribution in [1.82, 2.24) is 9.78 Å². The molecule has 2 aromatic carbocycles. The van der Waals surface area contributed by atoms with Crippen LogP contribution in [0.3, 0.4) is 0 Å². The molecule has 1 aromatic heterocycles. The Kier molecular flexibility index (Phi) is 7.38. The van der Waals surface area contributed by atoms with Gasteiger partial charge in [0.25, 0.3) is 0 Å². The molecule has 0 aliphatic rings. The van der Waals surface area contributed by atoms with Gasteiger partial charge in [-0.05, 0) is 30.9 Å². The van der Waals surface area contributed by atoms with E-state index in [0.29, 0.717) is 18.9 Å². The van der Waals surface area contributed by atoms with Crippen molar-refractivity contribution in [1.29, 1.82) is 0 Å². The lowest BCUT2D eigenvalue weighted by molar-refractivity contribution is 0.0904. The third kappa shape index (κ3) is 4.87. The second-order valence-electron chi connectivity index (χ2n) is 7.24. The summed E-state index contributed by atoms with van der Waals surface area (Å²) in [5.74, 6) is 0.241. The topological polar surface area (TPSA) is 44.1 Å². The van der Waals surface area contributed by atoms with Crippen LogP contribution in [0.2, 0.25) is 0 Å². The summed E-state index contributed by atoms with van der Waals surface area (Å²) in [4.78, 5) is 13.0. The number of ether oxygens (including phenoxy) is 1. The van der Waals surface area contributed by atoms with E-state index >= 15 is 0 Å². The number of carbonyl (C=O) groups is 1. The molecule has 1 heterocycles. The van der Waals surface area contributed by atoms with Gasteiger partial charge in [0.05, 0.1) is 12.1 Å². The molecule has 0 saturated heterocycles. The van der Waals surface area contributed by atoms with E-state index in [1.165, 1.54) is 5.56 Å². The zero-order valence-corrected chi connectivity index (χ0v) is 16.9. The molecule has 0 fully saturated rings. The van der Waals surface area contributed by atoms with Crippen LogP contribution < -0.4 is 0 Å². The fourth-order valence-corrected chi connectivity index (χ4v) is 3.62. The molecular weight excluding hydrogens is 348 g/mol. The fraction of sp³-hybridized carbons (Fsp3) is 0.417. The van der Waals surface area contributed by atoms with E-state index in [-0.39, 0.29) is 11.7 Å². The Labute approximate surface area is 167 Å². The van der Waals surface area contributed by atoms with E-state index in [0.717, 1.165) is 43.1 Å². The molecule has 148 valence electrons. The molecule has 0 N–H and O–H groups in total. The smallest absolute Gasteiger partial charge is 0.186 e. The molecule has 3 rings (SSSR count). The SMILES string of the molecule is CCCC(CC)C(=O)c1nn(CCCOCc2ccccc2)c2ccccc12. The van der Waals surface area contributed by atoms with Gasteiger partial charge in [0.2, 0.25) is 0 Å². The Hall–Kier alpha value is -2.46. The number of benzene rings is 2. The first-order chi connectivity index (χ1) is 13.7. The summed E-state index contributed by atoms with van der Waals surface area (Å²) >= 11 is 0. The lowest BCUT2D eigenvalue weighted by Gasteiger charge is -2.10. The molecule has 3 aromatic rings. The number of para-hydroxylation sites is 1. The zero-order valence-electron chi connectivity index (χ0n) is 16.9. The number of fused-ring (bicyclic) bond motifs is 1. The highest BCUT2D eigenvalue weighted by Crippen LogP contribution is 2.24. The highest BCUT2D eigenvalue weighted by Gasteiger charge is 2.23. The first-order valence-corrected chi connectivity index (χ1v) is 10.4. The lowest BCUT2D eigenvalue weighted by atomic mass is 9.93. The Morgan fingerprint density at radius 2 is 1.82 bits per heavy atom. The van der Waals surface area contributed by atoms with Crippen LogP contribution in [0, 0.1) is 5.92 Å². The quantitative estimate of drug-likeness (QED) is 0.320. The molecule has 0 amide bonds. The predicted molar refractivity (Wildman–Crippen MR) is 113 cm³/mol. The molecule has 0 radical (unpaired) electrons. The first-order valence-electron chi connectivity index (χ1n) is 10.4. The van der Waals surface area contributed by atoms with Crippen molar-refractivity contribution in [2.75, 3.05) is 6.61 Å². The minimum Gasteiger partial charge on any atom is -0.377 e. The number of hydrogen-bond acceptors (Lipinski definition) is 3. The molecule has 1 unspecified atom stereocenters. The van der Waals surface area contributed by atoms with Crippen molar-refractivity contribution in [2.24, 2.45) is 5.92 Å². The van der Waals surface area contributed by atoms with Gasteiger partial charge < -0.3 is 4.74 Å². The van der Waals surface area contributed by atoms with E-state index in [2.05, 4.69) is 26.0 Å². The van der Waals surface area contributed by atoms with Gasteiger partial charge in [-0.1, -0.05) is 68.8 Å². The maximum atomic E-state index is 13.0. The van der Waals surface area contributed by atoms with Gasteiger partial charge in [-0.15, -0.1) is 0 Å². The van der Waals surface area contributed by atoms with E-state index in [1.54, 1.807) is 0 Å². The van der Waals surface area contributed by atoms with Crippen molar-refractivity contribution < 1.29 is 9.53 Å². The minimum absolute atomic E-state index is 0.0611. The van der Waals surface area contributed by atoms with Crippen LogP contribution in [0.1, 0.15) is 55.6 Å². The van der Waals surface area contributed by atoms with Gasteiger partial charge in [0, 0.05) is 24.5 Å². The standard InChI is InChI=1S/C24H30N2O2/c1-3-11-20(4-2)24(27)23-21-14-8-9-15-22(21)26(25-23)16-10-17-28-18-19-12-6-5-7-13-19/h5-9,12-15,20H,3-4,10-11,16-18H2,1-2H3. The Morgan fingerprint density at radius 3 is 2.57 bits per heavy atom. The van der Waals surface area contributed by atoms with Gasteiger partial charge in [-0.3, -0.25) is 9.48 Å². The normalized spacial score (nSPS) is 12.4. The second-order valence-corrected chi connectivity index (χ2v) is 7.24. The van der Waals surface area contributed by atoms with Crippen LogP contribution in [0.25, 0.3) is 10.9 Å². The van der Waals surface area contributed by atoms with Crippen LogP contribution in [0.15, 0.2) is 54.6 Å². The summed E-state index contributed by atoms with van der Waals surface area (Å²) in [6.45, 7) is 6.25. The van der Waals surface area contributed by atoms with Gasteiger partial charge in [-0.2, -0.15) is 5.10 Å². The average molecular weight is 379 g/mol. The van der Waals surface area contributed by atoms with Crippen molar-refractivity contribution in [3.05, 3.63) is 65.9 Å². The molecule has 1 atom stereocenters. The largest absolute Gasteiger partial charge is 0.377 e. The van der Waals surface area contributed by atoms with Crippen molar-refractivity contribution in [2.45, 2.75) is 52.7 Å². The maximum absolute atomic E-state index is 13.0. The molecule has 0 aliphatic heterocycles. The van der Waals surface area contributed by atoms with E-state index < -0.39 is 0 Å². The Bertz CT molecular complexity index is 886. The van der Waals surface area contributed by atoms with E-state index in [4.69, 9.17) is 9.84 Å².